The maximum Gasteiger partial charge on any atom is 0.317 e. The van der Waals surface area contributed by atoms with E-state index in [1.165, 1.54) is 6.07 Å². The Morgan fingerprint density at radius 2 is 2.22 bits per heavy atom. The average molecular weight is 343 g/mol. The molecule has 0 atom stereocenters. The number of carboxylic acid groups (broad SMARTS) is 1. The minimum atomic E-state index is -0.773. The minimum Gasteiger partial charge on any atom is -0.480 e. The number of rotatable bonds is 9. The second-order valence-electron chi connectivity index (χ2n) is 6.04. The van der Waals surface area contributed by atoms with Gasteiger partial charge >= 0.3 is 5.97 Å². The van der Waals surface area contributed by atoms with Crippen molar-refractivity contribution < 1.29 is 14.3 Å². The van der Waals surface area contributed by atoms with Crippen molar-refractivity contribution in [2.75, 3.05) is 19.6 Å². The number of benzene rings is 1. The first-order valence-electron chi connectivity index (χ1n) is 8.13. The molecule has 0 saturated heterocycles. The lowest BCUT2D eigenvalue weighted by molar-refractivity contribution is -0.139. The van der Waals surface area contributed by atoms with Gasteiger partial charge in [-0.15, -0.1) is 0 Å². The van der Waals surface area contributed by atoms with Crippen LogP contribution in [0.15, 0.2) is 18.2 Å². The number of nitrogens with zero attached hydrogens (tertiary/aromatic N) is 1. The molecule has 2 rings (SSSR count). The third-order valence-corrected chi connectivity index (χ3v) is 4.83. The molecule has 1 fully saturated rings. The van der Waals surface area contributed by atoms with E-state index >= 15 is 0 Å². The van der Waals surface area contributed by atoms with Gasteiger partial charge in [-0.1, -0.05) is 24.6 Å². The molecule has 0 heterocycles. The summed E-state index contributed by atoms with van der Waals surface area (Å²) in [6, 6.07) is 5.55. The van der Waals surface area contributed by atoms with Gasteiger partial charge in [-0.3, -0.25) is 9.69 Å². The van der Waals surface area contributed by atoms with Gasteiger partial charge in [0.15, 0.2) is 0 Å². The Bertz CT molecular complexity index is 515. The second kappa shape index (κ2) is 8.62. The highest BCUT2D eigenvalue weighted by molar-refractivity contribution is 6.31. The fourth-order valence-electron chi connectivity index (χ4n) is 3.07. The molecule has 2 N–H and O–H groups in total. The Morgan fingerprint density at radius 3 is 2.83 bits per heavy atom. The summed E-state index contributed by atoms with van der Waals surface area (Å²) in [6.07, 6.45) is 3.40. The summed E-state index contributed by atoms with van der Waals surface area (Å²) in [5.41, 5.74) is 0.584. The minimum absolute atomic E-state index is 0.111. The van der Waals surface area contributed by atoms with E-state index in [1.54, 1.807) is 12.1 Å². The summed E-state index contributed by atoms with van der Waals surface area (Å²) < 4.78 is 13.6. The highest BCUT2D eigenvalue weighted by Gasteiger charge is 2.33. The topological polar surface area (TPSA) is 52.6 Å². The van der Waals surface area contributed by atoms with Crippen LogP contribution in [0.1, 0.15) is 31.7 Å². The Hall–Kier alpha value is -1.17. The van der Waals surface area contributed by atoms with Crippen LogP contribution in [0, 0.1) is 5.82 Å². The van der Waals surface area contributed by atoms with Crippen molar-refractivity contribution >= 4 is 17.6 Å². The molecule has 1 aromatic rings. The summed E-state index contributed by atoms with van der Waals surface area (Å²) in [5.74, 6) is -1.02. The lowest BCUT2D eigenvalue weighted by Gasteiger charge is -2.42. The Morgan fingerprint density at radius 1 is 1.48 bits per heavy atom. The van der Waals surface area contributed by atoms with E-state index in [-0.39, 0.29) is 12.4 Å². The molecule has 1 aliphatic rings. The molecule has 1 aliphatic carbocycles. The largest absolute Gasteiger partial charge is 0.480 e. The first-order valence-corrected chi connectivity index (χ1v) is 8.51. The Balaban J connectivity index is 1.64. The third-order valence-electron chi connectivity index (χ3n) is 4.47. The monoisotopic (exact) mass is 342 g/mol. The molecule has 0 bridgehead atoms. The molecule has 0 spiro atoms. The van der Waals surface area contributed by atoms with Crippen LogP contribution >= 0.6 is 11.6 Å². The van der Waals surface area contributed by atoms with E-state index in [0.29, 0.717) is 29.1 Å². The zero-order valence-electron chi connectivity index (χ0n) is 13.4. The molecular formula is C17H24ClFN2O2. The SMILES string of the molecule is CCN(CC(=O)O)C1CC(NCCCc2c(F)cccc2Cl)C1. The van der Waals surface area contributed by atoms with Crippen LogP contribution in [0.3, 0.4) is 0 Å². The predicted octanol–water partition coefficient (Wildman–Crippen LogP) is 2.94. The van der Waals surface area contributed by atoms with E-state index < -0.39 is 5.97 Å². The van der Waals surface area contributed by atoms with Gasteiger partial charge in [-0.25, -0.2) is 4.39 Å². The van der Waals surface area contributed by atoms with Crippen LogP contribution in [-0.4, -0.2) is 47.7 Å². The summed E-state index contributed by atoms with van der Waals surface area (Å²) in [4.78, 5) is 12.8. The van der Waals surface area contributed by atoms with E-state index in [2.05, 4.69) is 5.32 Å². The van der Waals surface area contributed by atoms with Gasteiger partial charge < -0.3 is 10.4 Å². The third kappa shape index (κ3) is 5.16. The van der Waals surface area contributed by atoms with Crippen LogP contribution in [-0.2, 0) is 11.2 Å². The molecule has 0 radical (unpaired) electrons. The van der Waals surface area contributed by atoms with Crippen LogP contribution in [0.25, 0.3) is 0 Å². The van der Waals surface area contributed by atoms with Crippen molar-refractivity contribution in [2.45, 2.75) is 44.7 Å². The Kier molecular flexibility index (Phi) is 6.81. The number of carboxylic acids is 1. The van der Waals surface area contributed by atoms with Gasteiger partial charge in [-0.2, -0.15) is 0 Å². The van der Waals surface area contributed by atoms with E-state index in [1.807, 2.05) is 11.8 Å². The lowest BCUT2D eigenvalue weighted by Crippen LogP contribution is -2.53. The van der Waals surface area contributed by atoms with Gasteiger partial charge in [0.25, 0.3) is 0 Å². The molecule has 0 amide bonds. The zero-order valence-corrected chi connectivity index (χ0v) is 14.2. The van der Waals surface area contributed by atoms with Gasteiger partial charge in [0.2, 0.25) is 0 Å². The number of nitrogens with one attached hydrogen (secondary N) is 1. The van der Waals surface area contributed by atoms with Crippen molar-refractivity contribution in [3.8, 4) is 0 Å². The number of carbonyl (C=O) groups is 1. The van der Waals surface area contributed by atoms with Crippen LogP contribution < -0.4 is 5.32 Å². The molecule has 0 unspecified atom stereocenters. The first kappa shape index (κ1) is 18.2. The molecule has 6 heteroatoms. The fraction of sp³-hybridized carbons (Fsp3) is 0.588. The van der Waals surface area contributed by atoms with Crippen LogP contribution in [0.4, 0.5) is 4.39 Å². The molecular weight excluding hydrogens is 319 g/mol. The number of likely N-dealkylation sites (N-methyl/N-ethyl adjacent to an activating group) is 1. The van der Waals surface area contributed by atoms with Gasteiger partial charge in [-0.05, 0) is 50.9 Å². The number of hydrogen-bond acceptors (Lipinski definition) is 3. The molecule has 0 aliphatic heterocycles. The molecule has 0 aromatic heterocycles. The summed E-state index contributed by atoms with van der Waals surface area (Å²) >= 11 is 6.01. The van der Waals surface area contributed by atoms with Gasteiger partial charge in [0.05, 0.1) is 6.54 Å². The summed E-state index contributed by atoms with van der Waals surface area (Å²) in [6.45, 7) is 3.67. The summed E-state index contributed by atoms with van der Waals surface area (Å²) in [5, 5.41) is 12.8. The normalized spacial score (nSPS) is 20.5. The number of halogens is 2. The van der Waals surface area contributed by atoms with Crippen LogP contribution in [0.5, 0.6) is 0 Å². The van der Waals surface area contributed by atoms with Crippen LogP contribution in [0.2, 0.25) is 5.02 Å². The van der Waals surface area contributed by atoms with Crippen molar-refractivity contribution in [1.29, 1.82) is 0 Å². The van der Waals surface area contributed by atoms with Gasteiger partial charge in [0, 0.05) is 22.7 Å². The molecule has 128 valence electrons. The quantitative estimate of drug-likeness (QED) is 0.677. The van der Waals surface area contributed by atoms with Crippen molar-refractivity contribution in [3.63, 3.8) is 0 Å². The Labute approximate surface area is 141 Å². The number of aliphatic carboxylic acids is 1. The standard InChI is InChI=1S/C17H24ClFN2O2/c1-2-21(11-17(22)23)13-9-12(10-13)20-8-4-5-14-15(18)6-3-7-16(14)19/h3,6-7,12-13,20H,2,4-5,8-11H2,1H3,(H,22,23). The van der Waals surface area contributed by atoms with E-state index in [9.17, 15) is 9.18 Å². The molecule has 1 aromatic carbocycles. The maximum absolute atomic E-state index is 13.6. The van der Waals surface area contributed by atoms with E-state index in [0.717, 1.165) is 32.4 Å². The van der Waals surface area contributed by atoms with Crippen molar-refractivity contribution in [3.05, 3.63) is 34.6 Å². The number of hydrogen-bond donors (Lipinski definition) is 2. The van der Waals surface area contributed by atoms with Gasteiger partial charge in [0.1, 0.15) is 5.82 Å². The second-order valence-corrected chi connectivity index (χ2v) is 6.44. The first-order chi connectivity index (χ1) is 11.0. The summed E-state index contributed by atoms with van der Waals surface area (Å²) in [7, 11) is 0. The molecule has 4 nitrogen and oxygen atoms in total. The van der Waals surface area contributed by atoms with Crippen molar-refractivity contribution in [2.24, 2.45) is 0 Å². The van der Waals surface area contributed by atoms with Crippen molar-refractivity contribution in [1.82, 2.24) is 10.2 Å². The zero-order chi connectivity index (χ0) is 16.8. The molecule has 1 saturated carbocycles. The maximum atomic E-state index is 13.6. The fourth-order valence-corrected chi connectivity index (χ4v) is 3.33. The predicted molar refractivity (Wildman–Crippen MR) is 89.4 cm³/mol. The smallest absolute Gasteiger partial charge is 0.317 e. The molecule has 23 heavy (non-hydrogen) atoms. The average Bonchev–Trinajstić information content (AvgIpc) is 2.45. The highest BCUT2D eigenvalue weighted by atomic mass is 35.5. The lowest BCUT2D eigenvalue weighted by atomic mass is 9.85. The van der Waals surface area contributed by atoms with E-state index in [4.69, 9.17) is 16.7 Å². The highest BCUT2D eigenvalue weighted by Crippen LogP contribution is 2.26.